The van der Waals surface area contributed by atoms with E-state index in [1.165, 1.54) is 12.1 Å². The van der Waals surface area contributed by atoms with Crippen molar-refractivity contribution in [1.82, 2.24) is 10.6 Å². The minimum absolute atomic E-state index is 0.217. The molecule has 1 heterocycles. The zero-order chi connectivity index (χ0) is 19.7. The topological polar surface area (TPSA) is 24.1 Å². The standard InChI is InChI=1S/C21H26F4N2/c1-2-6-17(21(23,24)25)7-5-12-27-20(15-16-10-13-26-14-11-16)18-8-3-4-9-19(18)22/h2-9,16,20,26-27H,1,10-15H2/b7-5-,17-6+. The normalized spacial score (nSPS) is 18.0. The van der Waals surface area contributed by atoms with E-state index in [1.807, 2.05) is 0 Å². The SMILES string of the molecule is C=C/C=C(\C=C/CNC(CC1CCNCC1)c1ccccc1F)C(F)(F)F. The van der Waals surface area contributed by atoms with Gasteiger partial charge in [-0.25, -0.2) is 4.39 Å². The minimum atomic E-state index is -4.43. The van der Waals surface area contributed by atoms with Crippen molar-refractivity contribution < 1.29 is 17.6 Å². The van der Waals surface area contributed by atoms with Crippen molar-refractivity contribution in [1.29, 1.82) is 0 Å². The lowest BCUT2D eigenvalue weighted by Crippen LogP contribution is -2.31. The average molecular weight is 382 g/mol. The second kappa shape index (κ2) is 10.4. The van der Waals surface area contributed by atoms with Gasteiger partial charge in [-0.3, -0.25) is 0 Å². The Morgan fingerprint density at radius 3 is 2.59 bits per heavy atom. The molecule has 0 radical (unpaired) electrons. The zero-order valence-corrected chi connectivity index (χ0v) is 15.2. The summed E-state index contributed by atoms with van der Waals surface area (Å²) in [5, 5.41) is 6.51. The third kappa shape index (κ3) is 6.96. The quantitative estimate of drug-likeness (QED) is 0.484. The molecule has 6 heteroatoms. The molecule has 27 heavy (non-hydrogen) atoms. The van der Waals surface area contributed by atoms with Crippen LogP contribution in [0.2, 0.25) is 0 Å². The summed E-state index contributed by atoms with van der Waals surface area (Å²) in [6.45, 7) is 5.41. The number of hydrogen-bond acceptors (Lipinski definition) is 2. The largest absolute Gasteiger partial charge is 0.416 e. The van der Waals surface area contributed by atoms with Crippen molar-refractivity contribution in [2.75, 3.05) is 19.6 Å². The number of nitrogens with one attached hydrogen (secondary N) is 2. The third-order valence-electron chi connectivity index (χ3n) is 4.71. The first kappa shape index (κ1) is 21.4. The summed E-state index contributed by atoms with van der Waals surface area (Å²) >= 11 is 0. The van der Waals surface area contributed by atoms with Gasteiger partial charge in [-0.05, 0) is 44.3 Å². The molecule has 1 aliphatic rings. The van der Waals surface area contributed by atoms with Gasteiger partial charge >= 0.3 is 6.18 Å². The lowest BCUT2D eigenvalue weighted by Gasteiger charge is -2.28. The van der Waals surface area contributed by atoms with E-state index in [-0.39, 0.29) is 18.4 Å². The molecule has 1 aliphatic heterocycles. The molecule has 0 bridgehead atoms. The Balaban J connectivity index is 2.05. The van der Waals surface area contributed by atoms with Crippen molar-refractivity contribution in [3.63, 3.8) is 0 Å². The van der Waals surface area contributed by atoms with E-state index < -0.39 is 11.7 Å². The van der Waals surface area contributed by atoms with Gasteiger partial charge in [0.05, 0.1) is 5.57 Å². The summed E-state index contributed by atoms with van der Waals surface area (Å²) in [4.78, 5) is 0. The first-order valence-corrected chi connectivity index (χ1v) is 9.16. The second-order valence-electron chi connectivity index (χ2n) is 6.67. The average Bonchev–Trinajstić information content (AvgIpc) is 2.64. The van der Waals surface area contributed by atoms with Gasteiger partial charge in [0.25, 0.3) is 0 Å². The molecule has 0 saturated carbocycles. The Labute approximate surface area is 158 Å². The summed E-state index contributed by atoms with van der Waals surface area (Å²) < 4.78 is 52.9. The molecule has 1 fully saturated rings. The third-order valence-corrected chi connectivity index (χ3v) is 4.71. The molecule has 2 N–H and O–H groups in total. The van der Waals surface area contributed by atoms with Crippen LogP contribution in [0.25, 0.3) is 0 Å². The number of hydrogen-bond donors (Lipinski definition) is 2. The monoisotopic (exact) mass is 382 g/mol. The maximum Gasteiger partial charge on any atom is 0.416 e. The molecule has 1 saturated heterocycles. The molecule has 1 aromatic rings. The number of rotatable bonds is 8. The van der Waals surface area contributed by atoms with Crippen LogP contribution in [0.5, 0.6) is 0 Å². The number of allylic oxidation sites excluding steroid dienone is 4. The Kier molecular flexibility index (Phi) is 8.25. The summed E-state index contributed by atoms with van der Waals surface area (Å²) in [5.74, 6) is 0.161. The van der Waals surface area contributed by atoms with E-state index in [0.717, 1.165) is 50.6 Å². The van der Waals surface area contributed by atoms with E-state index in [9.17, 15) is 17.6 Å². The van der Waals surface area contributed by atoms with Crippen molar-refractivity contribution in [2.24, 2.45) is 5.92 Å². The molecule has 1 unspecified atom stereocenters. The summed E-state index contributed by atoms with van der Waals surface area (Å²) in [6, 6.07) is 6.32. The van der Waals surface area contributed by atoms with Crippen LogP contribution in [0.4, 0.5) is 17.6 Å². The van der Waals surface area contributed by atoms with Crippen molar-refractivity contribution in [3.05, 3.63) is 72.1 Å². The van der Waals surface area contributed by atoms with Crippen LogP contribution in [-0.2, 0) is 0 Å². The first-order chi connectivity index (χ1) is 12.9. The fraction of sp³-hybridized carbons (Fsp3) is 0.429. The number of piperidine rings is 1. The van der Waals surface area contributed by atoms with Gasteiger partial charge in [0.1, 0.15) is 5.82 Å². The Bertz CT molecular complexity index is 658. The maximum absolute atomic E-state index is 14.2. The van der Waals surface area contributed by atoms with Crippen molar-refractivity contribution >= 4 is 0 Å². The lowest BCUT2D eigenvalue weighted by molar-refractivity contribution is -0.0881. The molecule has 2 rings (SSSR count). The van der Waals surface area contributed by atoms with E-state index in [4.69, 9.17) is 0 Å². The van der Waals surface area contributed by atoms with Gasteiger partial charge in [0, 0.05) is 18.2 Å². The van der Waals surface area contributed by atoms with E-state index >= 15 is 0 Å². The van der Waals surface area contributed by atoms with E-state index in [0.29, 0.717) is 11.5 Å². The predicted octanol–water partition coefficient (Wildman–Crippen LogP) is 5.08. The van der Waals surface area contributed by atoms with Crippen LogP contribution in [0.3, 0.4) is 0 Å². The Morgan fingerprint density at radius 1 is 1.26 bits per heavy atom. The lowest BCUT2D eigenvalue weighted by atomic mass is 9.88. The fourth-order valence-electron chi connectivity index (χ4n) is 3.30. The summed E-state index contributed by atoms with van der Waals surface area (Å²) in [7, 11) is 0. The molecule has 0 spiro atoms. The molecule has 1 aromatic carbocycles. The summed E-state index contributed by atoms with van der Waals surface area (Å²) in [5.41, 5.74) is -0.206. The Hall–Kier alpha value is -1.92. The number of halogens is 4. The number of alkyl halides is 3. The van der Waals surface area contributed by atoms with Crippen molar-refractivity contribution in [2.45, 2.75) is 31.5 Å². The van der Waals surface area contributed by atoms with E-state index in [1.54, 1.807) is 18.2 Å². The molecule has 2 nitrogen and oxygen atoms in total. The molecule has 148 valence electrons. The minimum Gasteiger partial charge on any atom is -0.317 e. The fourth-order valence-corrected chi connectivity index (χ4v) is 3.30. The van der Waals surface area contributed by atoms with Gasteiger partial charge in [0.15, 0.2) is 0 Å². The van der Waals surface area contributed by atoms with Crippen LogP contribution in [0.15, 0.2) is 60.7 Å². The maximum atomic E-state index is 14.2. The van der Waals surface area contributed by atoms with Gasteiger partial charge in [0.2, 0.25) is 0 Å². The highest BCUT2D eigenvalue weighted by Gasteiger charge is 2.31. The van der Waals surface area contributed by atoms with Crippen LogP contribution in [0.1, 0.15) is 30.9 Å². The van der Waals surface area contributed by atoms with Gasteiger partial charge in [-0.1, -0.05) is 49.1 Å². The van der Waals surface area contributed by atoms with Crippen LogP contribution in [0, 0.1) is 11.7 Å². The molecule has 0 aromatic heterocycles. The highest BCUT2D eigenvalue weighted by atomic mass is 19.4. The van der Waals surface area contributed by atoms with Crippen molar-refractivity contribution in [3.8, 4) is 0 Å². The summed E-state index contributed by atoms with van der Waals surface area (Å²) in [6.07, 6.45) is 2.85. The molecular weight excluding hydrogens is 356 g/mol. The molecule has 0 aliphatic carbocycles. The Morgan fingerprint density at radius 2 is 1.96 bits per heavy atom. The molecule has 0 amide bonds. The van der Waals surface area contributed by atoms with Gasteiger partial charge in [-0.15, -0.1) is 0 Å². The predicted molar refractivity (Wildman–Crippen MR) is 101 cm³/mol. The van der Waals surface area contributed by atoms with Crippen LogP contribution < -0.4 is 10.6 Å². The van der Waals surface area contributed by atoms with E-state index in [2.05, 4.69) is 17.2 Å². The zero-order valence-electron chi connectivity index (χ0n) is 15.2. The molecular formula is C21H26F4N2. The number of benzene rings is 1. The smallest absolute Gasteiger partial charge is 0.317 e. The molecule has 1 atom stereocenters. The van der Waals surface area contributed by atoms with Gasteiger partial charge < -0.3 is 10.6 Å². The second-order valence-corrected chi connectivity index (χ2v) is 6.67. The van der Waals surface area contributed by atoms with Gasteiger partial charge in [-0.2, -0.15) is 13.2 Å². The highest BCUT2D eigenvalue weighted by Crippen LogP contribution is 2.29. The first-order valence-electron chi connectivity index (χ1n) is 9.16. The highest BCUT2D eigenvalue weighted by molar-refractivity contribution is 5.28. The van der Waals surface area contributed by atoms with Crippen LogP contribution in [-0.4, -0.2) is 25.8 Å². The van der Waals surface area contributed by atoms with Crippen LogP contribution >= 0.6 is 0 Å².